The zero-order chi connectivity index (χ0) is 28.1. The first kappa shape index (κ1) is 25.2. The molecule has 41 heavy (non-hydrogen) atoms. The summed E-state index contributed by atoms with van der Waals surface area (Å²) in [5, 5.41) is 7.16. The van der Waals surface area contributed by atoms with E-state index >= 15 is 0 Å². The summed E-state index contributed by atoms with van der Waals surface area (Å²) in [5.74, 6) is -0.227. The highest BCUT2D eigenvalue weighted by Crippen LogP contribution is 2.45. The Bertz CT molecular complexity index is 2060. The number of fused-ring (bicyclic) bond motifs is 3. The van der Waals surface area contributed by atoms with Gasteiger partial charge in [0.25, 0.3) is 0 Å². The highest BCUT2D eigenvalue weighted by Gasteiger charge is 2.18. The third kappa shape index (κ3) is 4.48. The number of benzene rings is 7. The van der Waals surface area contributed by atoms with Gasteiger partial charge in [-0.1, -0.05) is 130 Å². The standard InChI is InChI=1S/C40H31F/c1-40(2,3)32-19-14-27(15-20-32)30-18-23-36-37(25-30)38(28-16-21-33(41)22-17-28)34-10-6-7-11-35(34)39(36)31-13-12-26-8-4-5-9-29(26)24-31/h4-25H,1-3H3. The first-order chi connectivity index (χ1) is 19.9. The van der Waals surface area contributed by atoms with Crippen LogP contribution >= 0.6 is 0 Å². The summed E-state index contributed by atoms with van der Waals surface area (Å²) in [6.45, 7) is 6.73. The lowest BCUT2D eigenvalue weighted by Gasteiger charge is -2.20. The van der Waals surface area contributed by atoms with Crippen molar-refractivity contribution in [1.82, 2.24) is 0 Å². The minimum Gasteiger partial charge on any atom is -0.207 e. The fraction of sp³-hybridized carbons (Fsp3) is 0.100. The van der Waals surface area contributed by atoms with E-state index < -0.39 is 0 Å². The molecule has 0 nitrogen and oxygen atoms in total. The molecule has 0 amide bonds. The average molecular weight is 531 g/mol. The maximum absolute atomic E-state index is 14.0. The molecular formula is C40H31F. The Morgan fingerprint density at radius 1 is 0.415 bits per heavy atom. The molecule has 0 aliphatic carbocycles. The summed E-state index contributed by atoms with van der Waals surface area (Å²) in [4.78, 5) is 0. The molecule has 7 aromatic rings. The van der Waals surface area contributed by atoms with E-state index in [-0.39, 0.29) is 11.2 Å². The second-order valence-corrected chi connectivity index (χ2v) is 12.0. The van der Waals surface area contributed by atoms with E-state index in [4.69, 9.17) is 0 Å². The normalized spacial score (nSPS) is 11.9. The van der Waals surface area contributed by atoms with E-state index in [0.717, 1.165) is 21.9 Å². The van der Waals surface area contributed by atoms with Crippen molar-refractivity contribution in [3.8, 4) is 33.4 Å². The van der Waals surface area contributed by atoms with Crippen molar-refractivity contribution in [3.05, 3.63) is 145 Å². The zero-order valence-corrected chi connectivity index (χ0v) is 23.6. The molecule has 0 saturated heterocycles. The van der Waals surface area contributed by atoms with Crippen molar-refractivity contribution in [2.24, 2.45) is 0 Å². The van der Waals surface area contributed by atoms with Gasteiger partial charge < -0.3 is 0 Å². The molecule has 0 saturated carbocycles. The molecule has 0 heterocycles. The lowest BCUT2D eigenvalue weighted by atomic mass is 9.84. The Balaban J connectivity index is 1.55. The number of hydrogen-bond acceptors (Lipinski definition) is 0. The van der Waals surface area contributed by atoms with Gasteiger partial charge in [-0.3, -0.25) is 0 Å². The van der Waals surface area contributed by atoms with Gasteiger partial charge in [0.15, 0.2) is 0 Å². The summed E-state index contributed by atoms with van der Waals surface area (Å²) in [7, 11) is 0. The van der Waals surface area contributed by atoms with Crippen LogP contribution in [0.3, 0.4) is 0 Å². The van der Waals surface area contributed by atoms with E-state index in [2.05, 4.69) is 130 Å². The van der Waals surface area contributed by atoms with Crippen molar-refractivity contribution in [1.29, 1.82) is 0 Å². The molecule has 0 atom stereocenters. The number of rotatable bonds is 3. The molecular weight excluding hydrogens is 499 g/mol. The van der Waals surface area contributed by atoms with Crippen LogP contribution in [0.4, 0.5) is 4.39 Å². The first-order valence-corrected chi connectivity index (χ1v) is 14.2. The van der Waals surface area contributed by atoms with Gasteiger partial charge in [-0.2, -0.15) is 0 Å². The van der Waals surface area contributed by atoms with E-state index in [1.165, 1.54) is 49.4 Å². The maximum atomic E-state index is 14.0. The molecule has 0 bridgehead atoms. The molecule has 0 N–H and O–H groups in total. The Hall–Kier alpha value is -4.75. The largest absolute Gasteiger partial charge is 0.207 e. The van der Waals surface area contributed by atoms with Gasteiger partial charge in [-0.25, -0.2) is 4.39 Å². The van der Waals surface area contributed by atoms with Gasteiger partial charge in [0.1, 0.15) is 5.82 Å². The van der Waals surface area contributed by atoms with E-state index in [9.17, 15) is 4.39 Å². The van der Waals surface area contributed by atoms with Gasteiger partial charge in [0.05, 0.1) is 0 Å². The maximum Gasteiger partial charge on any atom is 0.123 e. The zero-order valence-electron chi connectivity index (χ0n) is 23.6. The highest BCUT2D eigenvalue weighted by atomic mass is 19.1. The van der Waals surface area contributed by atoms with Gasteiger partial charge in [0, 0.05) is 0 Å². The third-order valence-corrected chi connectivity index (χ3v) is 8.28. The molecule has 0 spiro atoms. The van der Waals surface area contributed by atoms with Crippen molar-refractivity contribution in [2.45, 2.75) is 26.2 Å². The Labute approximate surface area is 240 Å². The predicted octanol–water partition coefficient (Wildman–Crippen LogP) is 11.6. The summed E-state index contributed by atoms with van der Waals surface area (Å²) in [6, 6.07) is 46.5. The van der Waals surface area contributed by atoms with Crippen LogP contribution < -0.4 is 0 Å². The molecule has 7 rings (SSSR count). The molecule has 0 unspecified atom stereocenters. The number of hydrogen-bond donors (Lipinski definition) is 0. The van der Waals surface area contributed by atoms with Crippen LogP contribution in [0.5, 0.6) is 0 Å². The van der Waals surface area contributed by atoms with Crippen LogP contribution in [-0.4, -0.2) is 0 Å². The van der Waals surface area contributed by atoms with Crippen molar-refractivity contribution in [3.63, 3.8) is 0 Å². The van der Waals surface area contributed by atoms with Gasteiger partial charge in [-0.05, 0) is 101 Å². The van der Waals surface area contributed by atoms with E-state index in [0.29, 0.717) is 0 Å². The van der Waals surface area contributed by atoms with Crippen molar-refractivity contribution in [2.75, 3.05) is 0 Å². The van der Waals surface area contributed by atoms with Crippen molar-refractivity contribution < 1.29 is 4.39 Å². The minimum absolute atomic E-state index is 0.103. The highest BCUT2D eigenvalue weighted by molar-refractivity contribution is 6.22. The molecule has 0 aromatic heterocycles. The molecule has 0 aliphatic rings. The van der Waals surface area contributed by atoms with Crippen LogP contribution in [-0.2, 0) is 5.41 Å². The Morgan fingerprint density at radius 2 is 0.951 bits per heavy atom. The van der Waals surface area contributed by atoms with E-state index in [1.807, 2.05) is 12.1 Å². The lowest BCUT2D eigenvalue weighted by molar-refractivity contribution is 0.590. The Morgan fingerprint density at radius 3 is 1.63 bits per heavy atom. The quantitative estimate of drug-likeness (QED) is 0.199. The molecule has 0 radical (unpaired) electrons. The van der Waals surface area contributed by atoms with E-state index in [1.54, 1.807) is 12.1 Å². The monoisotopic (exact) mass is 530 g/mol. The molecule has 7 aromatic carbocycles. The SMILES string of the molecule is CC(C)(C)c1ccc(-c2ccc3c(-c4ccc5ccccc5c4)c4ccccc4c(-c4ccc(F)cc4)c3c2)cc1. The second-order valence-electron chi connectivity index (χ2n) is 12.0. The molecule has 1 heteroatoms. The Kier molecular flexibility index (Phi) is 5.98. The van der Waals surface area contributed by atoms with Gasteiger partial charge in [0.2, 0.25) is 0 Å². The predicted molar refractivity (Wildman–Crippen MR) is 174 cm³/mol. The molecule has 0 aliphatic heterocycles. The summed E-state index contributed by atoms with van der Waals surface area (Å²) >= 11 is 0. The topological polar surface area (TPSA) is 0 Å². The van der Waals surface area contributed by atoms with Crippen LogP contribution in [0.1, 0.15) is 26.3 Å². The number of halogens is 1. The molecule has 0 fully saturated rings. The van der Waals surface area contributed by atoms with Crippen LogP contribution in [0.2, 0.25) is 0 Å². The first-order valence-electron chi connectivity index (χ1n) is 14.2. The van der Waals surface area contributed by atoms with Crippen LogP contribution in [0.25, 0.3) is 65.7 Å². The molecule has 198 valence electrons. The second kappa shape index (κ2) is 9.71. The van der Waals surface area contributed by atoms with Crippen molar-refractivity contribution >= 4 is 32.3 Å². The van der Waals surface area contributed by atoms with Gasteiger partial charge in [-0.15, -0.1) is 0 Å². The van der Waals surface area contributed by atoms with Crippen LogP contribution in [0.15, 0.2) is 133 Å². The third-order valence-electron chi connectivity index (χ3n) is 8.28. The summed E-state index contributed by atoms with van der Waals surface area (Å²) in [6.07, 6.45) is 0. The fourth-order valence-corrected chi connectivity index (χ4v) is 6.10. The van der Waals surface area contributed by atoms with Gasteiger partial charge >= 0.3 is 0 Å². The average Bonchev–Trinajstić information content (AvgIpc) is 2.99. The lowest BCUT2D eigenvalue weighted by Crippen LogP contribution is -2.10. The fourth-order valence-electron chi connectivity index (χ4n) is 6.10. The summed E-state index contributed by atoms with van der Waals surface area (Å²) < 4.78 is 14.0. The summed E-state index contributed by atoms with van der Waals surface area (Å²) in [5.41, 5.74) is 8.33. The smallest absolute Gasteiger partial charge is 0.123 e. The minimum atomic E-state index is -0.227. The van der Waals surface area contributed by atoms with Crippen LogP contribution in [0, 0.1) is 5.82 Å².